The highest BCUT2D eigenvalue weighted by Gasteiger charge is 1.93. The van der Waals surface area contributed by atoms with Gasteiger partial charge in [0, 0.05) is 10.5 Å². The first-order valence-electron chi connectivity index (χ1n) is 2.68. The second-order valence-corrected chi connectivity index (χ2v) is 2.36. The molecule has 1 aromatic carbocycles. The van der Waals surface area contributed by atoms with Crippen molar-refractivity contribution in [3.63, 3.8) is 0 Å². The maximum absolute atomic E-state index is 12.5. The second-order valence-electron chi connectivity index (χ2n) is 1.84. The van der Waals surface area contributed by atoms with Crippen molar-refractivity contribution in [3.8, 4) is 12.3 Å². The van der Waals surface area contributed by atoms with Crippen LogP contribution in [-0.2, 0) is 0 Å². The number of thiol groups is 1. The fourth-order valence-corrected chi connectivity index (χ4v) is 0.920. The number of benzene rings is 1. The zero-order valence-electron chi connectivity index (χ0n) is 5.13. The van der Waals surface area contributed by atoms with Gasteiger partial charge in [-0.05, 0) is 18.2 Å². The summed E-state index contributed by atoms with van der Waals surface area (Å²) < 4.78 is 12.5. The van der Waals surface area contributed by atoms with E-state index in [4.69, 9.17) is 6.42 Å². The van der Waals surface area contributed by atoms with Gasteiger partial charge in [-0.15, -0.1) is 19.1 Å². The molecule has 1 aromatic rings. The molecule has 0 atom stereocenters. The Balaban J connectivity index is 3.22. The standard InChI is InChI=1S/C8H5FS/c1-2-6-3-7(9)5-8(10)4-6/h1,3-5,10H. The minimum absolute atomic E-state index is 0.347. The van der Waals surface area contributed by atoms with Crippen molar-refractivity contribution in [3.05, 3.63) is 29.6 Å². The highest BCUT2D eigenvalue weighted by Crippen LogP contribution is 2.10. The largest absolute Gasteiger partial charge is 0.207 e. The molecule has 0 unspecified atom stereocenters. The lowest BCUT2D eigenvalue weighted by Gasteiger charge is -1.93. The first kappa shape index (κ1) is 7.17. The maximum Gasteiger partial charge on any atom is 0.125 e. The van der Waals surface area contributed by atoms with Gasteiger partial charge in [0.05, 0.1) is 0 Å². The van der Waals surface area contributed by atoms with Gasteiger partial charge >= 0.3 is 0 Å². The zero-order chi connectivity index (χ0) is 7.56. The van der Waals surface area contributed by atoms with Crippen molar-refractivity contribution >= 4 is 12.6 Å². The van der Waals surface area contributed by atoms with Gasteiger partial charge in [0.25, 0.3) is 0 Å². The van der Waals surface area contributed by atoms with E-state index in [9.17, 15) is 4.39 Å². The van der Waals surface area contributed by atoms with Crippen LogP contribution in [0.4, 0.5) is 4.39 Å². The molecule has 2 heteroatoms. The van der Waals surface area contributed by atoms with Crippen LogP contribution in [-0.4, -0.2) is 0 Å². The van der Waals surface area contributed by atoms with Crippen molar-refractivity contribution < 1.29 is 4.39 Å². The molecule has 0 aliphatic heterocycles. The Hall–Kier alpha value is -0.940. The van der Waals surface area contributed by atoms with Crippen molar-refractivity contribution in [1.29, 1.82) is 0 Å². The third-order valence-electron chi connectivity index (χ3n) is 1.05. The summed E-state index contributed by atoms with van der Waals surface area (Å²) in [7, 11) is 0. The van der Waals surface area contributed by atoms with Gasteiger partial charge in [0.15, 0.2) is 0 Å². The summed E-state index contributed by atoms with van der Waals surface area (Å²) in [5, 5.41) is 0. The predicted molar refractivity (Wildman–Crippen MR) is 41.6 cm³/mol. The molecule has 0 nitrogen and oxygen atoms in total. The van der Waals surface area contributed by atoms with E-state index < -0.39 is 0 Å². The summed E-state index contributed by atoms with van der Waals surface area (Å²) in [5.41, 5.74) is 0.519. The van der Waals surface area contributed by atoms with Gasteiger partial charge in [-0.25, -0.2) is 4.39 Å². The minimum Gasteiger partial charge on any atom is -0.207 e. The predicted octanol–water partition coefficient (Wildman–Crippen LogP) is 2.10. The Labute approximate surface area is 64.5 Å². The van der Waals surface area contributed by atoms with Crippen LogP contribution in [0.25, 0.3) is 0 Å². The molecule has 0 aliphatic carbocycles. The van der Waals surface area contributed by atoms with E-state index in [0.717, 1.165) is 0 Å². The first-order chi connectivity index (χ1) is 4.72. The zero-order valence-corrected chi connectivity index (χ0v) is 6.03. The molecule has 1 rings (SSSR count). The number of halogens is 1. The summed E-state index contributed by atoms with van der Waals surface area (Å²) >= 11 is 3.94. The Morgan fingerprint density at radius 3 is 2.60 bits per heavy atom. The summed E-state index contributed by atoms with van der Waals surface area (Å²) in [5.74, 6) is 1.97. The topological polar surface area (TPSA) is 0 Å². The van der Waals surface area contributed by atoms with Crippen LogP contribution in [0.5, 0.6) is 0 Å². The second kappa shape index (κ2) is 2.76. The number of hydrogen-bond donors (Lipinski definition) is 1. The molecule has 0 spiro atoms. The molecule has 0 aromatic heterocycles. The van der Waals surface area contributed by atoms with Crippen molar-refractivity contribution in [1.82, 2.24) is 0 Å². The molecule has 0 radical (unpaired) electrons. The average Bonchev–Trinajstić information content (AvgIpc) is 1.85. The summed E-state index contributed by atoms with van der Waals surface area (Å²) in [4.78, 5) is 0.549. The van der Waals surface area contributed by atoms with E-state index >= 15 is 0 Å². The molecule has 0 N–H and O–H groups in total. The Morgan fingerprint density at radius 1 is 1.40 bits per heavy atom. The first-order valence-corrected chi connectivity index (χ1v) is 3.13. The molecule has 10 heavy (non-hydrogen) atoms. The smallest absolute Gasteiger partial charge is 0.125 e. The summed E-state index contributed by atoms with van der Waals surface area (Å²) in [6.45, 7) is 0. The molecule has 0 fully saturated rings. The molecular formula is C8H5FS. The maximum atomic E-state index is 12.5. The highest BCUT2D eigenvalue weighted by atomic mass is 32.1. The lowest BCUT2D eigenvalue weighted by molar-refractivity contribution is 0.624. The van der Waals surface area contributed by atoms with E-state index in [2.05, 4.69) is 18.5 Å². The Morgan fingerprint density at radius 2 is 2.10 bits per heavy atom. The highest BCUT2D eigenvalue weighted by molar-refractivity contribution is 7.80. The SMILES string of the molecule is C#Cc1cc(F)cc(S)c1. The monoisotopic (exact) mass is 152 g/mol. The van der Waals surface area contributed by atoms with Crippen molar-refractivity contribution in [2.24, 2.45) is 0 Å². The molecular weight excluding hydrogens is 147 g/mol. The summed E-state index contributed by atoms with van der Waals surface area (Å²) in [6, 6.07) is 4.23. The number of rotatable bonds is 0. The minimum atomic E-state index is -0.347. The van der Waals surface area contributed by atoms with Gasteiger partial charge < -0.3 is 0 Å². The van der Waals surface area contributed by atoms with E-state index in [1.807, 2.05) is 0 Å². The van der Waals surface area contributed by atoms with Gasteiger partial charge in [-0.3, -0.25) is 0 Å². The Bertz CT molecular complexity index is 266. The number of hydrogen-bond acceptors (Lipinski definition) is 1. The molecule has 0 saturated carbocycles. The van der Waals surface area contributed by atoms with Crippen LogP contribution in [0.2, 0.25) is 0 Å². The fraction of sp³-hybridized carbons (Fsp3) is 0. The fourth-order valence-electron chi connectivity index (χ4n) is 0.657. The van der Waals surface area contributed by atoms with Crippen molar-refractivity contribution in [2.75, 3.05) is 0 Å². The average molecular weight is 152 g/mol. The normalized spacial score (nSPS) is 8.90. The Kier molecular flexibility index (Phi) is 1.98. The van der Waals surface area contributed by atoms with Gasteiger partial charge in [0.2, 0.25) is 0 Å². The lowest BCUT2D eigenvalue weighted by atomic mass is 10.2. The van der Waals surface area contributed by atoms with Crippen LogP contribution in [0.1, 0.15) is 5.56 Å². The lowest BCUT2D eigenvalue weighted by Crippen LogP contribution is -1.78. The van der Waals surface area contributed by atoms with E-state index in [1.165, 1.54) is 12.1 Å². The molecule has 0 saturated heterocycles. The molecule has 0 amide bonds. The summed E-state index contributed by atoms with van der Waals surface area (Å²) in [6.07, 6.45) is 5.04. The molecule has 0 heterocycles. The molecule has 0 bridgehead atoms. The van der Waals surface area contributed by atoms with Gasteiger partial charge in [-0.1, -0.05) is 5.92 Å². The van der Waals surface area contributed by atoms with E-state index in [0.29, 0.717) is 10.5 Å². The van der Waals surface area contributed by atoms with Crippen LogP contribution in [0, 0.1) is 18.2 Å². The molecule has 50 valence electrons. The third-order valence-corrected chi connectivity index (χ3v) is 1.31. The van der Waals surface area contributed by atoms with Crippen LogP contribution >= 0.6 is 12.6 Å². The molecule has 0 aliphatic rings. The van der Waals surface area contributed by atoms with E-state index in [-0.39, 0.29) is 5.82 Å². The van der Waals surface area contributed by atoms with Crippen LogP contribution in [0.3, 0.4) is 0 Å². The quantitative estimate of drug-likeness (QED) is 0.427. The van der Waals surface area contributed by atoms with Gasteiger partial charge in [0.1, 0.15) is 5.82 Å². The number of terminal acetylenes is 1. The van der Waals surface area contributed by atoms with E-state index in [1.54, 1.807) is 6.07 Å². The van der Waals surface area contributed by atoms with Crippen LogP contribution in [0.15, 0.2) is 23.1 Å². The van der Waals surface area contributed by atoms with Gasteiger partial charge in [-0.2, -0.15) is 0 Å². The van der Waals surface area contributed by atoms with Crippen molar-refractivity contribution in [2.45, 2.75) is 4.90 Å². The van der Waals surface area contributed by atoms with Crippen LogP contribution < -0.4 is 0 Å². The third kappa shape index (κ3) is 1.52.